The van der Waals surface area contributed by atoms with E-state index in [-0.39, 0.29) is 23.9 Å². The Kier molecular flexibility index (Phi) is 7.89. The Hall–Kier alpha value is -3.19. The van der Waals surface area contributed by atoms with Crippen LogP contribution >= 0.6 is 0 Å². The summed E-state index contributed by atoms with van der Waals surface area (Å²) in [6, 6.07) is 17.7. The van der Waals surface area contributed by atoms with Crippen LogP contribution in [-0.2, 0) is 4.79 Å². The third-order valence-corrected chi connectivity index (χ3v) is 7.63. The zero-order valence-corrected chi connectivity index (χ0v) is 22.3. The highest BCUT2D eigenvalue weighted by molar-refractivity contribution is 5.93. The Labute approximate surface area is 220 Å². The van der Waals surface area contributed by atoms with Crippen molar-refractivity contribution in [2.75, 3.05) is 30.8 Å². The maximum absolute atomic E-state index is 12.8. The molecule has 1 amide bonds. The molecule has 2 aromatic carbocycles. The third kappa shape index (κ3) is 6.39. The number of hydrogen-bond acceptors (Lipinski definition) is 6. The van der Waals surface area contributed by atoms with Gasteiger partial charge in [0.15, 0.2) is 0 Å². The van der Waals surface area contributed by atoms with Gasteiger partial charge in [-0.2, -0.15) is 4.98 Å². The lowest BCUT2D eigenvalue weighted by Crippen LogP contribution is -2.46. The summed E-state index contributed by atoms with van der Waals surface area (Å²) in [7, 11) is 2.11. The number of nitrogens with zero attached hydrogens (tertiary/aromatic N) is 3. The van der Waals surface area contributed by atoms with Crippen LogP contribution in [0.15, 0.2) is 48.5 Å². The standard InChI is InChI=1S/C30H40N6O/c1-20(2)31-30-34-27-16-11-22(21-8-5-4-6-9-21)18-26(27)28(35-30)32-24-12-14-25(15-13-24)33-29(37)23-10-7-17-36(3)19-23/h4-6,8-9,11,16,18,20,23-25H,7,10,12-15,17,19H2,1-3H3,(H,33,37)(H2,31,32,34,35). The van der Waals surface area contributed by atoms with E-state index in [2.05, 4.69) is 84.2 Å². The fourth-order valence-corrected chi connectivity index (χ4v) is 5.65. The van der Waals surface area contributed by atoms with Gasteiger partial charge in [-0.25, -0.2) is 4.98 Å². The number of hydrogen-bond donors (Lipinski definition) is 3. The summed E-state index contributed by atoms with van der Waals surface area (Å²) in [5.74, 6) is 1.90. The van der Waals surface area contributed by atoms with Gasteiger partial charge in [-0.3, -0.25) is 4.79 Å². The van der Waals surface area contributed by atoms with Gasteiger partial charge in [-0.1, -0.05) is 36.4 Å². The number of fused-ring (bicyclic) bond motifs is 1. The van der Waals surface area contributed by atoms with Crippen molar-refractivity contribution >= 4 is 28.6 Å². The second-order valence-electron chi connectivity index (χ2n) is 11.1. The van der Waals surface area contributed by atoms with Gasteiger partial charge >= 0.3 is 0 Å². The minimum atomic E-state index is 0.132. The van der Waals surface area contributed by atoms with Gasteiger partial charge in [0, 0.05) is 30.1 Å². The topological polar surface area (TPSA) is 82.2 Å². The average molecular weight is 501 g/mol. The fourth-order valence-electron chi connectivity index (χ4n) is 5.65. The van der Waals surface area contributed by atoms with Gasteiger partial charge < -0.3 is 20.9 Å². The molecule has 1 unspecified atom stereocenters. The number of amides is 1. The summed E-state index contributed by atoms with van der Waals surface area (Å²) in [4.78, 5) is 24.8. The maximum atomic E-state index is 12.8. The third-order valence-electron chi connectivity index (χ3n) is 7.63. The molecule has 1 saturated carbocycles. The molecule has 5 rings (SSSR count). The van der Waals surface area contributed by atoms with Crippen molar-refractivity contribution in [1.29, 1.82) is 0 Å². The number of benzene rings is 2. The van der Waals surface area contributed by atoms with Crippen LogP contribution in [0.25, 0.3) is 22.0 Å². The van der Waals surface area contributed by atoms with Crippen LogP contribution in [0.4, 0.5) is 11.8 Å². The minimum absolute atomic E-state index is 0.132. The largest absolute Gasteiger partial charge is 0.367 e. The number of anilines is 2. The molecule has 2 fully saturated rings. The van der Waals surface area contributed by atoms with Gasteiger partial charge in [-0.15, -0.1) is 0 Å². The summed E-state index contributed by atoms with van der Waals surface area (Å²) in [5, 5.41) is 11.5. The highest BCUT2D eigenvalue weighted by atomic mass is 16.2. The lowest BCUT2D eigenvalue weighted by Gasteiger charge is -2.33. The quantitative estimate of drug-likeness (QED) is 0.409. The number of aromatic nitrogens is 2. The zero-order chi connectivity index (χ0) is 25.8. The van der Waals surface area contributed by atoms with Crippen LogP contribution in [0.5, 0.6) is 0 Å². The number of piperidine rings is 1. The monoisotopic (exact) mass is 500 g/mol. The Morgan fingerprint density at radius 1 is 0.946 bits per heavy atom. The molecule has 7 nitrogen and oxygen atoms in total. The number of carbonyl (C=O) groups excluding carboxylic acids is 1. The second-order valence-corrected chi connectivity index (χ2v) is 11.1. The highest BCUT2D eigenvalue weighted by Gasteiger charge is 2.28. The molecular formula is C30H40N6O. The smallest absolute Gasteiger partial charge is 0.225 e. The molecule has 37 heavy (non-hydrogen) atoms. The Balaban J connectivity index is 1.29. The molecule has 1 saturated heterocycles. The molecular weight excluding hydrogens is 460 g/mol. The first-order valence-corrected chi connectivity index (χ1v) is 13.8. The van der Waals surface area contributed by atoms with Gasteiger partial charge in [-0.05, 0) is 89.2 Å². The van der Waals surface area contributed by atoms with Gasteiger partial charge in [0.2, 0.25) is 11.9 Å². The van der Waals surface area contributed by atoms with Crippen molar-refractivity contribution in [3.05, 3.63) is 48.5 Å². The summed E-state index contributed by atoms with van der Waals surface area (Å²) in [6.07, 6.45) is 6.10. The maximum Gasteiger partial charge on any atom is 0.225 e. The van der Waals surface area contributed by atoms with E-state index in [9.17, 15) is 4.79 Å². The Morgan fingerprint density at radius 3 is 2.43 bits per heavy atom. The molecule has 7 heteroatoms. The van der Waals surface area contributed by atoms with E-state index >= 15 is 0 Å². The predicted molar refractivity (Wildman–Crippen MR) is 152 cm³/mol. The van der Waals surface area contributed by atoms with Crippen molar-refractivity contribution in [2.45, 2.75) is 70.5 Å². The van der Waals surface area contributed by atoms with Crippen molar-refractivity contribution < 1.29 is 4.79 Å². The lowest BCUT2D eigenvalue weighted by atomic mass is 9.90. The molecule has 0 bridgehead atoms. The molecule has 2 aliphatic rings. The molecule has 1 aliphatic carbocycles. The molecule has 0 radical (unpaired) electrons. The van der Waals surface area contributed by atoms with E-state index in [0.29, 0.717) is 12.0 Å². The fraction of sp³-hybridized carbons (Fsp3) is 0.500. The van der Waals surface area contributed by atoms with E-state index in [1.54, 1.807) is 0 Å². The van der Waals surface area contributed by atoms with Crippen molar-refractivity contribution in [3.63, 3.8) is 0 Å². The predicted octanol–water partition coefficient (Wildman–Crippen LogP) is 5.30. The number of carbonyl (C=O) groups is 1. The number of rotatable bonds is 7. The van der Waals surface area contributed by atoms with Crippen molar-refractivity contribution in [3.8, 4) is 11.1 Å². The summed E-state index contributed by atoms with van der Waals surface area (Å²) in [6.45, 7) is 6.17. The SMILES string of the molecule is CC(C)Nc1nc(NC2CCC(NC(=O)C3CCCN(C)C3)CC2)c2cc(-c3ccccc3)ccc2n1. The van der Waals surface area contributed by atoms with Crippen LogP contribution < -0.4 is 16.0 Å². The number of nitrogens with one attached hydrogen (secondary N) is 3. The van der Waals surface area contributed by atoms with E-state index < -0.39 is 0 Å². The van der Waals surface area contributed by atoms with Crippen LogP contribution in [0.1, 0.15) is 52.4 Å². The van der Waals surface area contributed by atoms with Crippen LogP contribution in [0.2, 0.25) is 0 Å². The molecule has 2 heterocycles. The first-order chi connectivity index (χ1) is 17.9. The second kappa shape index (κ2) is 11.5. The lowest BCUT2D eigenvalue weighted by molar-refractivity contribution is -0.127. The van der Waals surface area contributed by atoms with E-state index in [1.807, 2.05) is 6.07 Å². The Morgan fingerprint density at radius 2 is 1.70 bits per heavy atom. The Bertz CT molecular complexity index is 1210. The molecule has 1 aliphatic heterocycles. The van der Waals surface area contributed by atoms with Crippen LogP contribution in [0, 0.1) is 5.92 Å². The molecule has 3 N–H and O–H groups in total. The van der Waals surface area contributed by atoms with Crippen molar-refractivity contribution in [2.24, 2.45) is 5.92 Å². The van der Waals surface area contributed by atoms with Crippen LogP contribution in [-0.4, -0.2) is 59.0 Å². The normalized spacial score (nSPS) is 22.6. The zero-order valence-electron chi connectivity index (χ0n) is 22.3. The molecule has 1 aromatic heterocycles. The van der Waals surface area contributed by atoms with E-state index in [4.69, 9.17) is 9.97 Å². The first kappa shape index (κ1) is 25.5. The first-order valence-electron chi connectivity index (χ1n) is 13.8. The van der Waals surface area contributed by atoms with Gasteiger partial charge in [0.1, 0.15) is 5.82 Å². The van der Waals surface area contributed by atoms with Gasteiger partial charge in [0.05, 0.1) is 11.4 Å². The molecule has 0 spiro atoms. The van der Waals surface area contributed by atoms with E-state index in [1.165, 1.54) is 5.56 Å². The van der Waals surface area contributed by atoms with E-state index in [0.717, 1.165) is 73.9 Å². The van der Waals surface area contributed by atoms with Gasteiger partial charge in [0.25, 0.3) is 0 Å². The van der Waals surface area contributed by atoms with Crippen LogP contribution in [0.3, 0.4) is 0 Å². The summed E-state index contributed by atoms with van der Waals surface area (Å²) >= 11 is 0. The number of likely N-dealkylation sites (tertiary alicyclic amines) is 1. The molecule has 1 atom stereocenters. The highest BCUT2D eigenvalue weighted by Crippen LogP contribution is 2.31. The van der Waals surface area contributed by atoms with Crippen molar-refractivity contribution in [1.82, 2.24) is 20.2 Å². The minimum Gasteiger partial charge on any atom is -0.367 e. The summed E-state index contributed by atoms with van der Waals surface area (Å²) in [5.41, 5.74) is 3.27. The average Bonchev–Trinajstić information content (AvgIpc) is 2.90. The summed E-state index contributed by atoms with van der Waals surface area (Å²) < 4.78 is 0. The molecule has 3 aromatic rings. The molecule has 196 valence electrons.